The molecule has 2 aromatic carbocycles. The minimum absolute atomic E-state index is 0.240. The van der Waals surface area contributed by atoms with Gasteiger partial charge in [-0.2, -0.15) is 0 Å². The number of carbonyl (C=O) groups excluding carboxylic acids is 1. The van der Waals surface area contributed by atoms with E-state index in [1.807, 2.05) is 30.3 Å². The van der Waals surface area contributed by atoms with E-state index in [1.165, 1.54) is 7.11 Å². The Bertz CT molecular complexity index is 640. The standard InChI is InChI=1S/C16H15BrO4/c1-19-14-9-5-8-13(17)15(14)21-10-11-6-3-4-7-12(11)16(18)20-2/h3-9H,10H2,1-2H3. The first kappa shape index (κ1) is 15.4. The first-order valence-corrected chi connectivity index (χ1v) is 7.08. The Hall–Kier alpha value is -2.01. The topological polar surface area (TPSA) is 44.8 Å². The van der Waals surface area contributed by atoms with Crippen LogP contribution in [-0.2, 0) is 11.3 Å². The summed E-state index contributed by atoms with van der Waals surface area (Å²) < 4.78 is 16.6. The van der Waals surface area contributed by atoms with Crippen molar-refractivity contribution in [3.8, 4) is 11.5 Å². The third-order valence-corrected chi connectivity index (χ3v) is 3.57. The van der Waals surface area contributed by atoms with Gasteiger partial charge in [-0.3, -0.25) is 0 Å². The van der Waals surface area contributed by atoms with E-state index in [0.29, 0.717) is 17.1 Å². The number of ether oxygens (including phenoxy) is 3. The molecule has 0 aromatic heterocycles. The van der Waals surface area contributed by atoms with Crippen LogP contribution < -0.4 is 9.47 Å². The highest BCUT2D eigenvalue weighted by Gasteiger charge is 2.13. The molecule has 0 unspecified atom stereocenters. The minimum atomic E-state index is -0.381. The van der Waals surface area contributed by atoms with Crippen LogP contribution in [0.2, 0.25) is 0 Å². The zero-order valence-electron chi connectivity index (χ0n) is 11.8. The van der Waals surface area contributed by atoms with Gasteiger partial charge in [0.25, 0.3) is 0 Å². The van der Waals surface area contributed by atoms with Crippen LogP contribution >= 0.6 is 15.9 Å². The maximum atomic E-state index is 11.7. The van der Waals surface area contributed by atoms with Crippen LogP contribution in [-0.4, -0.2) is 20.2 Å². The largest absolute Gasteiger partial charge is 0.493 e. The van der Waals surface area contributed by atoms with E-state index in [-0.39, 0.29) is 12.6 Å². The lowest BCUT2D eigenvalue weighted by molar-refractivity contribution is 0.0597. The molecule has 0 aliphatic heterocycles. The molecule has 0 saturated heterocycles. The molecule has 2 rings (SSSR count). The molecule has 0 heterocycles. The maximum Gasteiger partial charge on any atom is 0.338 e. The predicted octanol–water partition coefficient (Wildman–Crippen LogP) is 3.82. The van der Waals surface area contributed by atoms with Crippen LogP contribution in [0.4, 0.5) is 0 Å². The fourth-order valence-corrected chi connectivity index (χ4v) is 2.36. The molecule has 2 aromatic rings. The molecule has 0 aliphatic rings. The van der Waals surface area contributed by atoms with E-state index >= 15 is 0 Å². The first-order chi connectivity index (χ1) is 10.2. The van der Waals surface area contributed by atoms with Crippen LogP contribution in [0, 0.1) is 0 Å². The number of esters is 1. The Morgan fingerprint density at radius 3 is 2.57 bits per heavy atom. The van der Waals surface area contributed by atoms with E-state index in [2.05, 4.69) is 15.9 Å². The number of halogens is 1. The highest BCUT2D eigenvalue weighted by atomic mass is 79.9. The van der Waals surface area contributed by atoms with Gasteiger partial charge < -0.3 is 14.2 Å². The van der Waals surface area contributed by atoms with Crippen molar-refractivity contribution in [2.24, 2.45) is 0 Å². The van der Waals surface area contributed by atoms with Crippen LogP contribution in [0.15, 0.2) is 46.9 Å². The van der Waals surface area contributed by atoms with Gasteiger partial charge in [-0.1, -0.05) is 24.3 Å². The SMILES string of the molecule is COC(=O)c1ccccc1COc1c(Br)cccc1OC. The Morgan fingerprint density at radius 1 is 1.10 bits per heavy atom. The number of hydrogen-bond acceptors (Lipinski definition) is 4. The molecule has 4 nitrogen and oxygen atoms in total. The maximum absolute atomic E-state index is 11.7. The Morgan fingerprint density at radius 2 is 1.86 bits per heavy atom. The van der Waals surface area contributed by atoms with Gasteiger partial charge in [-0.25, -0.2) is 4.79 Å². The van der Waals surface area contributed by atoms with Gasteiger partial charge in [0.15, 0.2) is 11.5 Å². The number of carbonyl (C=O) groups is 1. The monoisotopic (exact) mass is 350 g/mol. The van der Waals surface area contributed by atoms with Crippen molar-refractivity contribution in [3.05, 3.63) is 58.1 Å². The minimum Gasteiger partial charge on any atom is -0.493 e. The number of rotatable bonds is 5. The summed E-state index contributed by atoms with van der Waals surface area (Å²) in [5, 5.41) is 0. The fourth-order valence-electron chi connectivity index (χ4n) is 1.90. The van der Waals surface area contributed by atoms with E-state index in [0.717, 1.165) is 10.0 Å². The van der Waals surface area contributed by atoms with Crippen LogP contribution in [0.3, 0.4) is 0 Å². The fraction of sp³-hybridized carbons (Fsp3) is 0.188. The zero-order valence-corrected chi connectivity index (χ0v) is 13.3. The number of benzene rings is 2. The van der Waals surface area contributed by atoms with Gasteiger partial charge in [-0.05, 0) is 34.1 Å². The summed E-state index contributed by atoms with van der Waals surface area (Å²) in [6.45, 7) is 0.240. The van der Waals surface area contributed by atoms with Crippen molar-refractivity contribution in [2.45, 2.75) is 6.61 Å². The summed E-state index contributed by atoms with van der Waals surface area (Å²) in [4.78, 5) is 11.7. The zero-order chi connectivity index (χ0) is 15.2. The lowest BCUT2D eigenvalue weighted by atomic mass is 10.1. The second-order valence-electron chi connectivity index (χ2n) is 4.21. The van der Waals surface area contributed by atoms with Crippen molar-refractivity contribution < 1.29 is 19.0 Å². The Kier molecular flexibility index (Phi) is 5.22. The normalized spacial score (nSPS) is 10.0. The van der Waals surface area contributed by atoms with Gasteiger partial charge in [0, 0.05) is 5.56 Å². The molecule has 0 fully saturated rings. The summed E-state index contributed by atoms with van der Waals surface area (Å²) >= 11 is 3.43. The van der Waals surface area contributed by atoms with Gasteiger partial charge in [0.1, 0.15) is 6.61 Å². The van der Waals surface area contributed by atoms with E-state index < -0.39 is 0 Å². The van der Waals surface area contributed by atoms with Gasteiger partial charge >= 0.3 is 5.97 Å². The highest BCUT2D eigenvalue weighted by Crippen LogP contribution is 2.35. The summed E-state index contributed by atoms with van der Waals surface area (Å²) in [7, 11) is 2.94. The summed E-state index contributed by atoms with van der Waals surface area (Å²) in [5.74, 6) is 0.841. The third kappa shape index (κ3) is 3.55. The molecule has 110 valence electrons. The number of hydrogen-bond donors (Lipinski definition) is 0. The van der Waals surface area contributed by atoms with Crippen molar-refractivity contribution in [1.29, 1.82) is 0 Å². The average molecular weight is 351 g/mol. The molecule has 0 bridgehead atoms. The van der Waals surface area contributed by atoms with Gasteiger partial charge in [0.05, 0.1) is 24.3 Å². The van der Waals surface area contributed by atoms with Crippen molar-refractivity contribution >= 4 is 21.9 Å². The Labute approximate surface area is 131 Å². The molecule has 0 radical (unpaired) electrons. The molecule has 5 heteroatoms. The average Bonchev–Trinajstić information content (AvgIpc) is 2.53. The van der Waals surface area contributed by atoms with Crippen molar-refractivity contribution in [3.63, 3.8) is 0 Å². The highest BCUT2D eigenvalue weighted by molar-refractivity contribution is 9.10. The summed E-state index contributed by atoms with van der Waals surface area (Å²) in [5.41, 5.74) is 1.24. The van der Waals surface area contributed by atoms with E-state index in [4.69, 9.17) is 14.2 Å². The molecule has 0 amide bonds. The van der Waals surface area contributed by atoms with Crippen molar-refractivity contribution in [2.75, 3.05) is 14.2 Å². The molecule has 0 atom stereocenters. The summed E-state index contributed by atoms with van der Waals surface area (Å²) in [6, 6.07) is 12.7. The predicted molar refractivity (Wildman–Crippen MR) is 82.8 cm³/mol. The molecule has 0 saturated carbocycles. The molecule has 0 spiro atoms. The molecule has 21 heavy (non-hydrogen) atoms. The summed E-state index contributed by atoms with van der Waals surface area (Å²) in [6.07, 6.45) is 0. The van der Waals surface area contributed by atoms with Gasteiger partial charge in [-0.15, -0.1) is 0 Å². The molecular formula is C16H15BrO4. The van der Waals surface area contributed by atoms with Gasteiger partial charge in [0.2, 0.25) is 0 Å². The number of para-hydroxylation sites is 1. The van der Waals surface area contributed by atoms with Crippen LogP contribution in [0.1, 0.15) is 15.9 Å². The lowest BCUT2D eigenvalue weighted by Crippen LogP contribution is -2.08. The lowest BCUT2D eigenvalue weighted by Gasteiger charge is -2.13. The van der Waals surface area contributed by atoms with E-state index in [9.17, 15) is 4.79 Å². The second kappa shape index (κ2) is 7.13. The van der Waals surface area contributed by atoms with Crippen LogP contribution in [0.5, 0.6) is 11.5 Å². The second-order valence-corrected chi connectivity index (χ2v) is 5.06. The Balaban J connectivity index is 2.23. The molecular weight excluding hydrogens is 336 g/mol. The first-order valence-electron chi connectivity index (χ1n) is 6.29. The number of methoxy groups -OCH3 is 2. The van der Waals surface area contributed by atoms with Crippen molar-refractivity contribution in [1.82, 2.24) is 0 Å². The molecule has 0 aliphatic carbocycles. The van der Waals surface area contributed by atoms with Crippen LogP contribution in [0.25, 0.3) is 0 Å². The van der Waals surface area contributed by atoms with E-state index in [1.54, 1.807) is 19.2 Å². The smallest absolute Gasteiger partial charge is 0.338 e. The quantitative estimate of drug-likeness (QED) is 0.769. The third-order valence-electron chi connectivity index (χ3n) is 2.95. The molecule has 0 N–H and O–H groups in total.